The Labute approximate surface area is 227 Å². The highest BCUT2D eigenvalue weighted by molar-refractivity contribution is 5.73. The van der Waals surface area contributed by atoms with Crippen LogP contribution < -0.4 is 15.5 Å². The Bertz CT molecular complexity index is 963. The molecule has 2 aromatic carbocycles. The van der Waals surface area contributed by atoms with Gasteiger partial charge in [0.1, 0.15) is 0 Å². The number of azo groups is 1. The number of hydrogen-bond donors (Lipinski definition) is 2. The fourth-order valence-electron chi connectivity index (χ4n) is 4.14. The van der Waals surface area contributed by atoms with Crippen LogP contribution in [-0.4, -0.2) is 37.1 Å². The Morgan fingerprint density at radius 2 is 1.26 bits per heavy atom. The lowest BCUT2D eigenvalue weighted by atomic mass is 10.1. The molecule has 0 fully saturated rings. The fraction of sp³-hybridized carbons (Fsp3) is 0.552. The summed E-state index contributed by atoms with van der Waals surface area (Å²) < 4.78 is 0. The molecule has 9 heteroatoms. The Morgan fingerprint density at radius 1 is 0.763 bits per heavy atom. The van der Waals surface area contributed by atoms with Gasteiger partial charge in [0.15, 0.2) is 0 Å². The number of benzene rings is 2. The zero-order chi connectivity index (χ0) is 27.4. The summed E-state index contributed by atoms with van der Waals surface area (Å²) in [6, 6.07) is 13.5. The molecule has 0 saturated carbocycles. The van der Waals surface area contributed by atoms with Crippen molar-refractivity contribution in [3.05, 3.63) is 58.6 Å². The highest BCUT2D eigenvalue weighted by Crippen LogP contribution is 2.23. The van der Waals surface area contributed by atoms with Gasteiger partial charge < -0.3 is 15.5 Å². The van der Waals surface area contributed by atoms with Crippen LogP contribution in [0.1, 0.15) is 78.1 Å². The van der Waals surface area contributed by atoms with Crippen molar-refractivity contribution in [2.75, 3.05) is 31.1 Å². The SMILES string of the molecule is CCCCCCCCCCCCNC(=O)NCCN(CC)c1ccc(N=Nc2ccc([N+](=O)[O-])cc2)cc1. The highest BCUT2D eigenvalue weighted by Gasteiger charge is 2.06. The summed E-state index contributed by atoms with van der Waals surface area (Å²) in [7, 11) is 0. The molecule has 0 aliphatic heterocycles. The number of hydrogen-bond acceptors (Lipinski definition) is 6. The monoisotopic (exact) mass is 524 g/mol. The van der Waals surface area contributed by atoms with E-state index in [0.29, 0.717) is 24.5 Å². The van der Waals surface area contributed by atoms with Crippen LogP contribution in [0.25, 0.3) is 0 Å². The van der Waals surface area contributed by atoms with Crippen LogP contribution in [0.4, 0.5) is 27.5 Å². The molecule has 2 rings (SSSR count). The summed E-state index contributed by atoms with van der Waals surface area (Å²) in [4.78, 5) is 24.6. The number of nitro groups is 1. The Balaban J connectivity index is 1.61. The number of likely N-dealkylation sites (N-methyl/N-ethyl adjacent to an activating group) is 1. The third kappa shape index (κ3) is 12.7. The maximum atomic E-state index is 12.1. The van der Waals surface area contributed by atoms with Crippen LogP contribution in [0, 0.1) is 10.1 Å². The normalized spacial score (nSPS) is 11.0. The molecule has 2 amide bonds. The van der Waals surface area contributed by atoms with Crippen molar-refractivity contribution in [3.8, 4) is 0 Å². The molecule has 38 heavy (non-hydrogen) atoms. The number of rotatable bonds is 19. The van der Waals surface area contributed by atoms with Crippen LogP contribution in [0.5, 0.6) is 0 Å². The van der Waals surface area contributed by atoms with E-state index < -0.39 is 4.92 Å². The smallest absolute Gasteiger partial charge is 0.314 e. The van der Waals surface area contributed by atoms with E-state index in [4.69, 9.17) is 0 Å². The number of nitro benzene ring substituents is 1. The van der Waals surface area contributed by atoms with Crippen LogP contribution in [0.2, 0.25) is 0 Å². The minimum absolute atomic E-state index is 0.0222. The number of urea groups is 1. The van der Waals surface area contributed by atoms with Gasteiger partial charge in [-0.3, -0.25) is 10.1 Å². The van der Waals surface area contributed by atoms with E-state index >= 15 is 0 Å². The average Bonchev–Trinajstić information content (AvgIpc) is 2.93. The third-order valence-electron chi connectivity index (χ3n) is 6.42. The van der Waals surface area contributed by atoms with Crippen LogP contribution in [0.15, 0.2) is 58.8 Å². The van der Waals surface area contributed by atoms with Gasteiger partial charge in [0, 0.05) is 44.0 Å². The Hall–Kier alpha value is -3.49. The predicted molar refractivity (Wildman–Crippen MR) is 155 cm³/mol. The summed E-state index contributed by atoms with van der Waals surface area (Å²) in [6.07, 6.45) is 12.8. The van der Waals surface area contributed by atoms with Gasteiger partial charge in [-0.05, 0) is 49.7 Å². The van der Waals surface area contributed by atoms with Crippen molar-refractivity contribution < 1.29 is 9.72 Å². The number of nitrogens with one attached hydrogen (secondary N) is 2. The topological polar surface area (TPSA) is 112 Å². The second kappa shape index (κ2) is 18.7. The van der Waals surface area contributed by atoms with Crippen LogP contribution in [0.3, 0.4) is 0 Å². The highest BCUT2D eigenvalue weighted by atomic mass is 16.6. The molecule has 0 radical (unpaired) electrons. The largest absolute Gasteiger partial charge is 0.370 e. The van der Waals surface area contributed by atoms with Gasteiger partial charge in [0.25, 0.3) is 5.69 Å². The van der Waals surface area contributed by atoms with E-state index in [1.165, 1.54) is 69.9 Å². The summed E-state index contributed by atoms with van der Waals surface area (Å²) >= 11 is 0. The number of unbranched alkanes of at least 4 members (excludes halogenated alkanes) is 9. The van der Waals surface area contributed by atoms with Gasteiger partial charge in [0.2, 0.25) is 0 Å². The van der Waals surface area contributed by atoms with Gasteiger partial charge in [-0.25, -0.2) is 4.79 Å². The number of amides is 2. The minimum atomic E-state index is -0.444. The molecule has 9 nitrogen and oxygen atoms in total. The molecule has 2 aromatic rings. The van der Waals surface area contributed by atoms with Crippen molar-refractivity contribution >= 4 is 28.8 Å². The lowest BCUT2D eigenvalue weighted by molar-refractivity contribution is -0.384. The van der Waals surface area contributed by atoms with Crippen molar-refractivity contribution in [1.29, 1.82) is 0 Å². The lowest BCUT2D eigenvalue weighted by Crippen LogP contribution is -2.40. The van der Waals surface area contributed by atoms with Gasteiger partial charge >= 0.3 is 6.03 Å². The number of carbonyl (C=O) groups is 1. The first-order chi connectivity index (χ1) is 18.5. The lowest BCUT2D eigenvalue weighted by Gasteiger charge is -2.23. The van der Waals surface area contributed by atoms with Crippen LogP contribution >= 0.6 is 0 Å². The molecule has 0 atom stereocenters. The zero-order valence-corrected chi connectivity index (χ0v) is 23.0. The second-order valence-corrected chi connectivity index (χ2v) is 9.43. The fourth-order valence-corrected chi connectivity index (χ4v) is 4.14. The molecular formula is C29H44N6O3. The van der Waals surface area contributed by atoms with E-state index in [0.717, 1.165) is 25.2 Å². The maximum absolute atomic E-state index is 12.1. The van der Waals surface area contributed by atoms with Gasteiger partial charge in [-0.1, -0.05) is 64.7 Å². The molecule has 0 heterocycles. The van der Waals surface area contributed by atoms with E-state index in [1.807, 2.05) is 24.3 Å². The number of anilines is 1. The van der Waals surface area contributed by atoms with Gasteiger partial charge in [-0.2, -0.15) is 10.2 Å². The predicted octanol–water partition coefficient (Wildman–Crippen LogP) is 8.06. The first-order valence-electron chi connectivity index (χ1n) is 14.1. The zero-order valence-electron chi connectivity index (χ0n) is 23.0. The van der Waals surface area contributed by atoms with Crippen molar-refractivity contribution in [2.45, 2.75) is 78.1 Å². The van der Waals surface area contributed by atoms with Crippen molar-refractivity contribution in [1.82, 2.24) is 10.6 Å². The van der Waals surface area contributed by atoms with E-state index in [1.54, 1.807) is 12.1 Å². The molecule has 0 bridgehead atoms. The summed E-state index contributed by atoms with van der Waals surface area (Å²) in [5.41, 5.74) is 2.29. The molecule has 0 unspecified atom stereocenters. The third-order valence-corrected chi connectivity index (χ3v) is 6.42. The molecular weight excluding hydrogens is 480 g/mol. The van der Waals surface area contributed by atoms with Crippen LogP contribution in [-0.2, 0) is 0 Å². The minimum Gasteiger partial charge on any atom is -0.370 e. The molecule has 0 spiro atoms. The molecule has 0 aromatic heterocycles. The Morgan fingerprint density at radius 3 is 1.79 bits per heavy atom. The van der Waals surface area contributed by atoms with E-state index in [2.05, 4.69) is 39.6 Å². The summed E-state index contributed by atoms with van der Waals surface area (Å²) in [5, 5.41) is 25.0. The van der Waals surface area contributed by atoms with Gasteiger partial charge in [0.05, 0.1) is 16.3 Å². The summed E-state index contributed by atoms with van der Waals surface area (Å²) in [6.45, 7) is 7.11. The molecule has 0 saturated heterocycles. The first-order valence-corrected chi connectivity index (χ1v) is 14.1. The standard InChI is InChI=1S/C29H44N6O3/c1-3-5-6-7-8-9-10-11-12-13-22-30-29(36)31-23-24-34(4-2)27-18-14-25(15-19-27)32-33-26-16-20-28(21-17-26)35(37)38/h14-21H,3-13,22-24H2,1-2H3,(H2,30,31,36). The number of non-ortho nitro benzene ring substituents is 1. The first kappa shape index (κ1) is 30.7. The van der Waals surface area contributed by atoms with Crippen molar-refractivity contribution in [3.63, 3.8) is 0 Å². The Kier molecular flexibility index (Phi) is 15.1. The second-order valence-electron chi connectivity index (χ2n) is 9.43. The molecule has 0 aliphatic rings. The average molecular weight is 525 g/mol. The molecule has 0 aliphatic carbocycles. The van der Waals surface area contributed by atoms with E-state index in [-0.39, 0.29) is 11.7 Å². The van der Waals surface area contributed by atoms with E-state index in [9.17, 15) is 14.9 Å². The quantitative estimate of drug-likeness (QED) is 0.0837. The number of carbonyl (C=O) groups excluding carboxylic acids is 1. The molecule has 2 N–H and O–H groups in total. The maximum Gasteiger partial charge on any atom is 0.314 e. The van der Waals surface area contributed by atoms with Crippen molar-refractivity contribution in [2.24, 2.45) is 10.2 Å². The van der Waals surface area contributed by atoms with Gasteiger partial charge in [-0.15, -0.1) is 0 Å². The number of nitrogens with zero attached hydrogens (tertiary/aromatic N) is 4. The summed E-state index contributed by atoms with van der Waals surface area (Å²) in [5.74, 6) is 0. The molecule has 208 valence electrons.